The fourth-order valence-corrected chi connectivity index (χ4v) is 6.01. The van der Waals surface area contributed by atoms with E-state index in [4.69, 9.17) is 14.6 Å². The first-order valence-corrected chi connectivity index (χ1v) is 14.8. The van der Waals surface area contributed by atoms with Crippen LogP contribution < -0.4 is 5.32 Å². The summed E-state index contributed by atoms with van der Waals surface area (Å²) in [6.07, 6.45) is -1.56. The molecule has 0 spiro atoms. The molecule has 234 valence electrons. The third-order valence-corrected chi connectivity index (χ3v) is 7.87. The monoisotopic (exact) mass is 608 g/mol. The number of amides is 1. The van der Waals surface area contributed by atoms with Crippen molar-refractivity contribution >= 4 is 23.1 Å². The number of aryl methyl sites for hydroxylation is 2. The Bertz CT molecular complexity index is 1490. The summed E-state index contributed by atoms with van der Waals surface area (Å²) >= 11 is 0. The lowest BCUT2D eigenvalue weighted by atomic mass is 10.0. The summed E-state index contributed by atoms with van der Waals surface area (Å²) in [7, 11) is 0. The van der Waals surface area contributed by atoms with Gasteiger partial charge in [-0.1, -0.05) is 0 Å². The molecule has 0 radical (unpaired) electrons. The number of carbonyl (C=O) groups excluding carboxylic acids is 1. The Morgan fingerprint density at radius 1 is 1.09 bits per heavy atom. The molecule has 0 bridgehead atoms. The van der Waals surface area contributed by atoms with Crippen LogP contribution in [0.5, 0.6) is 0 Å². The summed E-state index contributed by atoms with van der Waals surface area (Å²) in [5.41, 5.74) is -0.831. The number of fused-ring (bicyclic) bond motifs is 3. The summed E-state index contributed by atoms with van der Waals surface area (Å²) in [6, 6.07) is -0.655. The van der Waals surface area contributed by atoms with Crippen LogP contribution in [0.2, 0.25) is 0 Å². The Kier molecular flexibility index (Phi) is 7.71. The number of halogens is 4. The van der Waals surface area contributed by atoms with Gasteiger partial charge in [0.25, 0.3) is 0 Å². The summed E-state index contributed by atoms with van der Waals surface area (Å²) < 4.78 is 72.7. The molecule has 6 rings (SSSR count). The topological polar surface area (TPSA) is 112 Å². The maximum absolute atomic E-state index is 14.7. The molecule has 6 heterocycles. The molecule has 11 nitrogen and oxygen atoms in total. The highest BCUT2D eigenvalue weighted by molar-refractivity contribution is 5.94. The van der Waals surface area contributed by atoms with E-state index in [-0.39, 0.29) is 36.8 Å². The van der Waals surface area contributed by atoms with Crippen LogP contribution in [0, 0.1) is 0 Å². The molecule has 2 fully saturated rings. The first-order valence-electron chi connectivity index (χ1n) is 14.8. The fraction of sp³-hybridized carbons (Fsp3) is 0.679. The molecule has 1 N–H and O–H groups in total. The first-order chi connectivity index (χ1) is 20.4. The third kappa shape index (κ3) is 6.13. The van der Waals surface area contributed by atoms with Gasteiger partial charge in [-0.15, -0.1) is 0 Å². The molecule has 1 unspecified atom stereocenters. The van der Waals surface area contributed by atoms with Gasteiger partial charge in [-0.05, 0) is 59.3 Å². The van der Waals surface area contributed by atoms with Gasteiger partial charge in [-0.2, -0.15) is 23.4 Å². The van der Waals surface area contributed by atoms with Crippen molar-refractivity contribution in [2.75, 3.05) is 25.0 Å². The van der Waals surface area contributed by atoms with Crippen LogP contribution in [0.3, 0.4) is 0 Å². The Morgan fingerprint density at radius 2 is 1.91 bits per heavy atom. The van der Waals surface area contributed by atoms with Crippen molar-refractivity contribution in [3.05, 3.63) is 17.5 Å². The van der Waals surface area contributed by atoms with Gasteiger partial charge in [0.1, 0.15) is 28.7 Å². The molecule has 3 aliphatic heterocycles. The molecule has 0 aromatic carbocycles. The zero-order valence-corrected chi connectivity index (χ0v) is 24.5. The molecule has 3 aromatic heterocycles. The smallest absolute Gasteiger partial charge is 0.420 e. The first kappa shape index (κ1) is 29.6. The largest absolute Gasteiger partial charge is 0.444 e. The standard InChI is InChI=1S/C28H36F4N8O3/c1-27(2,3)43-26(41)38-14-16(29)12-17(15-38)34-25-33-13-18(28(30,31)32)22(35-25)23-21-19-8-4-6-10-39(19)37-24(21)40(36-23)20-9-5-7-11-42-20/h13,16-17,20H,4-12,14-15H2,1-3H3,(H,33,34,35)/t16-,17-,20?/m0/s1. The Morgan fingerprint density at radius 3 is 2.63 bits per heavy atom. The molecule has 3 aromatic rings. The average Bonchev–Trinajstić information content (AvgIpc) is 3.49. The minimum Gasteiger partial charge on any atom is -0.444 e. The molecular weight excluding hydrogens is 572 g/mol. The summed E-state index contributed by atoms with van der Waals surface area (Å²) in [4.78, 5) is 22.2. The number of hydrogen-bond acceptors (Lipinski definition) is 8. The van der Waals surface area contributed by atoms with Crippen molar-refractivity contribution in [3.8, 4) is 11.4 Å². The second-order valence-electron chi connectivity index (χ2n) is 12.5. The van der Waals surface area contributed by atoms with E-state index >= 15 is 0 Å². The van der Waals surface area contributed by atoms with Crippen LogP contribution in [-0.2, 0) is 28.6 Å². The maximum Gasteiger partial charge on any atom is 0.420 e. The molecule has 0 saturated carbocycles. The summed E-state index contributed by atoms with van der Waals surface area (Å²) in [5, 5.41) is 12.9. The van der Waals surface area contributed by atoms with E-state index in [1.807, 2.05) is 4.68 Å². The number of nitrogens with zero attached hydrogens (tertiary/aromatic N) is 7. The number of carbonyl (C=O) groups is 1. The number of rotatable bonds is 4. The van der Waals surface area contributed by atoms with E-state index in [1.165, 1.54) is 4.90 Å². The second-order valence-corrected chi connectivity index (χ2v) is 12.5. The Labute approximate surface area is 245 Å². The summed E-state index contributed by atoms with van der Waals surface area (Å²) in [6.45, 7) is 6.27. The van der Waals surface area contributed by atoms with Gasteiger partial charge in [0, 0.05) is 38.4 Å². The lowest BCUT2D eigenvalue weighted by Gasteiger charge is -2.36. The summed E-state index contributed by atoms with van der Waals surface area (Å²) in [5.74, 6) is -0.121. The van der Waals surface area contributed by atoms with Crippen molar-refractivity contribution in [2.45, 2.75) is 102 Å². The molecule has 2 saturated heterocycles. The van der Waals surface area contributed by atoms with Crippen LogP contribution in [0.15, 0.2) is 6.20 Å². The van der Waals surface area contributed by atoms with E-state index in [0.717, 1.165) is 37.6 Å². The van der Waals surface area contributed by atoms with Crippen LogP contribution in [0.1, 0.15) is 76.8 Å². The van der Waals surface area contributed by atoms with Crippen LogP contribution in [0.4, 0.5) is 28.3 Å². The highest BCUT2D eigenvalue weighted by atomic mass is 19.4. The molecule has 0 aliphatic carbocycles. The minimum absolute atomic E-state index is 0.0217. The molecule has 1 amide bonds. The molecule has 43 heavy (non-hydrogen) atoms. The zero-order valence-electron chi connectivity index (χ0n) is 24.5. The number of hydrogen-bond donors (Lipinski definition) is 1. The molecule has 15 heteroatoms. The third-order valence-electron chi connectivity index (χ3n) is 7.87. The van der Waals surface area contributed by atoms with E-state index in [2.05, 4.69) is 20.4 Å². The van der Waals surface area contributed by atoms with Gasteiger partial charge >= 0.3 is 12.3 Å². The van der Waals surface area contributed by atoms with Gasteiger partial charge in [0.05, 0.1) is 17.6 Å². The zero-order chi connectivity index (χ0) is 30.5. The lowest BCUT2D eigenvalue weighted by Crippen LogP contribution is -2.51. The number of alkyl halides is 4. The predicted octanol–water partition coefficient (Wildman–Crippen LogP) is 5.50. The lowest BCUT2D eigenvalue weighted by molar-refractivity contribution is -0.137. The van der Waals surface area contributed by atoms with Gasteiger partial charge in [-0.3, -0.25) is 4.68 Å². The van der Waals surface area contributed by atoms with Crippen molar-refractivity contribution in [2.24, 2.45) is 0 Å². The number of nitrogens with one attached hydrogen (secondary N) is 1. The molecular formula is C28H36F4N8O3. The Balaban J connectivity index is 1.39. The highest BCUT2D eigenvalue weighted by Crippen LogP contribution is 2.41. The van der Waals surface area contributed by atoms with Gasteiger partial charge in [0.15, 0.2) is 11.9 Å². The van der Waals surface area contributed by atoms with E-state index in [0.29, 0.717) is 37.0 Å². The van der Waals surface area contributed by atoms with Gasteiger partial charge < -0.3 is 19.7 Å². The second kappa shape index (κ2) is 11.2. The van der Waals surface area contributed by atoms with E-state index < -0.39 is 41.9 Å². The normalized spacial score (nSPS) is 23.3. The van der Waals surface area contributed by atoms with Crippen LogP contribution in [0.25, 0.3) is 22.4 Å². The van der Waals surface area contributed by atoms with Crippen molar-refractivity contribution in [3.63, 3.8) is 0 Å². The van der Waals surface area contributed by atoms with Gasteiger partial charge in [-0.25, -0.2) is 23.8 Å². The molecule has 3 atom stereocenters. The fourth-order valence-electron chi connectivity index (χ4n) is 6.01. The van der Waals surface area contributed by atoms with E-state index in [9.17, 15) is 22.4 Å². The van der Waals surface area contributed by atoms with Crippen LogP contribution in [-0.4, -0.2) is 78.0 Å². The van der Waals surface area contributed by atoms with Crippen molar-refractivity contribution in [1.29, 1.82) is 0 Å². The minimum atomic E-state index is -4.76. The Hall–Kier alpha value is -3.49. The quantitative estimate of drug-likeness (QED) is 0.387. The predicted molar refractivity (Wildman–Crippen MR) is 148 cm³/mol. The SMILES string of the molecule is CC(C)(C)OC(=O)N1C[C@@H](F)C[C@H](Nc2ncc(C(F)(F)F)c(-c3nn(C4CCCCO4)c4nn5c(c34)CCCC5)n2)C1. The maximum atomic E-state index is 14.7. The number of piperidine rings is 1. The van der Waals surface area contributed by atoms with Crippen molar-refractivity contribution in [1.82, 2.24) is 34.4 Å². The average molecular weight is 609 g/mol. The highest BCUT2D eigenvalue weighted by Gasteiger charge is 2.39. The number of aromatic nitrogens is 6. The number of anilines is 1. The van der Waals surface area contributed by atoms with Crippen LogP contribution >= 0.6 is 0 Å². The molecule has 3 aliphatic rings. The van der Waals surface area contributed by atoms with Gasteiger partial charge in [0.2, 0.25) is 5.95 Å². The number of likely N-dealkylation sites (tertiary alicyclic amines) is 1. The van der Waals surface area contributed by atoms with E-state index in [1.54, 1.807) is 25.5 Å². The number of ether oxygens (including phenoxy) is 2. The van der Waals surface area contributed by atoms with Crippen molar-refractivity contribution < 1.29 is 31.8 Å².